The summed E-state index contributed by atoms with van der Waals surface area (Å²) in [7, 11) is 0. The van der Waals surface area contributed by atoms with Crippen molar-refractivity contribution in [2.45, 2.75) is 12.5 Å². The lowest BCUT2D eigenvalue weighted by Gasteiger charge is -2.11. The van der Waals surface area contributed by atoms with Crippen LogP contribution in [0.2, 0.25) is 0 Å². The van der Waals surface area contributed by atoms with Gasteiger partial charge in [0, 0.05) is 6.20 Å². The molecule has 0 saturated heterocycles. The molecule has 0 spiro atoms. The molecule has 1 heterocycles. The molecule has 0 saturated carbocycles. The van der Waals surface area contributed by atoms with Crippen molar-refractivity contribution < 1.29 is 5.11 Å². The van der Waals surface area contributed by atoms with Gasteiger partial charge in [-0.2, -0.15) is 5.26 Å². The third kappa shape index (κ3) is 1.54. The van der Waals surface area contributed by atoms with Gasteiger partial charge in [0.1, 0.15) is 6.07 Å². The molecule has 0 aliphatic carbocycles. The number of rotatable bonds is 1. The number of hydrogen-bond acceptors (Lipinski definition) is 3. The van der Waals surface area contributed by atoms with Gasteiger partial charge in [0.25, 0.3) is 0 Å². The van der Waals surface area contributed by atoms with Crippen LogP contribution in [0.3, 0.4) is 0 Å². The molecular formula is C8H8N2O. The molecule has 0 aliphatic heterocycles. The van der Waals surface area contributed by atoms with E-state index in [9.17, 15) is 5.11 Å². The molecule has 0 bridgehead atoms. The van der Waals surface area contributed by atoms with Gasteiger partial charge in [0.2, 0.25) is 0 Å². The molecule has 0 aliphatic rings. The van der Waals surface area contributed by atoms with Crippen molar-refractivity contribution in [3.8, 4) is 6.07 Å². The molecule has 1 rings (SSSR count). The number of nitriles is 1. The van der Waals surface area contributed by atoms with Crippen LogP contribution in [0.4, 0.5) is 0 Å². The molecule has 0 aromatic carbocycles. The molecule has 0 unspecified atom stereocenters. The summed E-state index contributed by atoms with van der Waals surface area (Å²) in [5.41, 5.74) is -1.09. The number of nitrogens with zero attached hydrogens (tertiary/aromatic N) is 2. The summed E-state index contributed by atoms with van der Waals surface area (Å²) in [6.07, 6.45) is 1.54. The quantitative estimate of drug-likeness (QED) is 0.599. The Balaban J connectivity index is 3.05. The second-order valence-corrected chi connectivity index (χ2v) is 2.40. The Morgan fingerprint density at radius 1 is 1.64 bits per heavy atom. The fraction of sp³-hybridized carbons (Fsp3) is 0.250. The minimum atomic E-state index is -1.47. The Bertz CT molecular complexity index is 274. The van der Waals surface area contributed by atoms with Crippen LogP contribution in [-0.4, -0.2) is 10.1 Å². The Labute approximate surface area is 64.9 Å². The first-order valence-electron chi connectivity index (χ1n) is 3.22. The van der Waals surface area contributed by atoms with E-state index in [2.05, 4.69) is 4.98 Å². The molecule has 0 fully saturated rings. The van der Waals surface area contributed by atoms with E-state index in [1.165, 1.54) is 6.92 Å². The molecule has 1 aromatic rings. The van der Waals surface area contributed by atoms with Gasteiger partial charge in [-0.1, -0.05) is 6.07 Å². The first-order valence-corrected chi connectivity index (χ1v) is 3.22. The smallest absolute Gasteiger partial charge is 0.190 e. The van der Waals surface area contributed by atoms with Crippen molar-refractivity contribution in [1.29, 1.82) is 5.26 Å². The van der Waals surface area contributed by atoms with Crippen molar-refractivity contribution >= 4 is 0 Å². The molecule has 11 heavy (non-hydrogen) atoms. The Kier molecular flexibility index (Phi) is 1.88. The zero-order valence-electron chi connectivity index (χ0n) is 6.15. The molecule has 56 valence electrons. The maximum Gasteiger partial charge on any atom is 0.190 e. The van der Waals surface area contributed by atoms with Crippen LogP contribution in [0.25, 0.3) is 0 Å². The number of aliphatic hydroxyl groups is 1. The van der Waals surface area contributed by atoms with Gasteiger partial charge in [0.05, 0.1) is 5.69 Å². The van der Waals surface area contributed by atoms with E-state index in [1.54, 1.807) is 30.5 Å². The highest BCUT2D eigenvalue weighted by Gasteiger charge is 2.22. The molecule has 1 atom stereocenters. The average molecular weight is 148 g/mol. The van der Waals surface area contributed by atoms with Crippen molar-refractivity contribution in [2.24, 2.45) is 0 Å². The fourth-order valence-corrected chi connectivity index (χ4v) is 0.708. The van der Waals surface area contributed by atoms with Crippen LogP contribution in [-0.2, 0) is 5.60 Å². The average Bonchev–Trinajstić information content (AvgIpc) is 2.06. The summed E-state index contributed by atoms with van der Waals surface area (Å²) >= 11 is 0. The summed E-state index contributed by atoms with van der Waals surface area (Å²) in [5.74, 6) is 0. The number of aromatic nitrogens is 1. The predicted octanol–water partition coefficient (Wildman–Crippen LogP) is 0.813. The van der Waals surface area contributed by atoms with Crippen LogP contribution in [0.15, 0.2) is 24.4 Å². The Morgan fingerprint density at radius 3 is 2.82 bits per heavy atom. The van der Waals surface area contributed by atoms with E-state index in [0.29, 0.717) is 5.69 Å². The maximum atomic E-state index is 9.37. The summed E-state index contributed by atoms with van der Waals surface area (Å²) in [5, 5.41) is 17.9. The third-order valence-corrected chi connectivity index (χ3v) is 1.38. The lowest BCUT2D eigenvalue weighted by molar-refractivity contribution is 0.115. The molecule has 0 amide bonds. The first kappa shape index (κ1) is 7.70. The van der Waals surface area contributed by atoms with Crippen molar-refractivity contribution in [2.75, 3.05) is 0 Å². The highest BCUT2D eigenvalue weighted by molar-refractivity contribution is 5.19. The minimum Gasteiger partial charge on any atom is -0.370 e. The second-order valence-electron chi connectivity index (χ2n) is 2.40. The van der Waals surface area contributed by atoms with Crippen molar-refractivity contribution in [3.63, 3.8) is 0 Å². The zero-order valence-corrected chi connectivity index (χ0v) is 6.15. The highest BCUT2D eigenvalue weighted by atomic mass is 16.3. The van der Waals surface area contributed by atoms with Gasteiger partial charge in [-0.3, -0.25) is 4.98 Å². The van der Waals surface area contributed by atoms with Gasteiger partial charge < -0.3 is 5.11 Å². The maximum absolute atomic E-state index is 9.37. The van der Waals surface area contributed by atoms with Gasteiger partial charge in [-0.05, 0) is 19.1 Å². The van der Waals surface area contributed by atoms with E-state index in [0.717, 1.165) is 0 Å². The predicted molar refractivity (Wildman–Crippen MR) is 39.4 cm³/mol. The fourth-order valence-electron chi connectivity index (χ4n) is 0.708. The third-order valence-electron chi connectivity index (χ3n) is 1.38. The summed E-state index contributed by atoms with van der Waals surface area (Å²) in [6.45, 7) is 1.41. The lowest BCUT2D eigenvalue weighted by Crippen LogP contribution is -2.19. The summed E-state index contributed by atoms with van der Waals surface area (Å²) in [6, 6.07) is 6.83. The van der Waals surface area contributed by atoms with Gasteiger partial charge >= 0.3 is 0 Å². The van der Waals surface area contributed by atoms with Crippen LogP contribution in [0.5, 0.6) is 0 Å². The monoisotopic (exact) mass is 148 g/mol. The molecule has 0 radical (unpaired) electrons. The van der Waals surface area contributed by atoms with Gasteiger partial charge in [0.15, 0.2) is 5.60 Å². The number of hydrogen-bond donors (Lipinski definition) is 1. The number of pyridine rings is 1. The SMILES string of the molecule is C[C@](O)(C#N)c1ccccn1. The van der Waals surface area contributed by atoms with Gasteiger partial charge in [-0.15, -0.1) is 0 Å². The first-order chi connectivity index (χ1) is 5.17. The van der Waals surface area contributed by atoms with Crippen LogP contribution in [0, 0.1) is 11.3 Å². The Hall–Kier alpha value is -1.40. The topological polar surface area (TPSA) is 56.9 Å². The van der Waals surface area contributed by atoms with E-state index >= 15 is 0 Å². The molecular weight excluding hydrogens is 140 g/mol. The standard InChI is InChI=1S/C8H8N2O/c1-8(11,6-9)7-4-2-3-5-10-7/h2-5,11H,1H3/t8-/m0/s1. The van der Waals surface area contributed by atoms with Crippen molar-refractivity contribution in [1.82, 2.24) is 4.98 Å². The van der Waals surface area contributed by atoms with Gasteiger partial charge in [-0.25, -0.2) is 0 Å². The van der Waals surface area contributed by atoms with E-state index in [1.807, 2.05) is 0 Å². The molecule has 3 nitrogen and oxygen atoms in total. The van der Waals surface area contributed by atoms with Crippen LogP contribution in [0.1, 0.15) is 12.6 Å². The van der Waals surface area contributed by atoms with Crippen LogP contribution >= 0.6 is 0 Å². The van der Waals surface area contributed by atoms with E-state index in [4.69, 9.17) is 5.26 Å². The van der Waals surface area contributed by atoms with E-state index < -0.39 is 5.60 Å². The zero-order chi connectivity index (χ0) is 8.32. The lowest BCUT2D eigenvalue weighted by atomic mass is 10.0. The summed E-state index contributed by atoms with van der Waals surface area (Å²) < 4.78 is 0. The molecule has 1 aromatic heterocycles. The van der Waals surface area contributed by atoms with Crippen molar-refractivity contribution in [3.05, 3.63) is 30.1 Å². The largest absolute Gasteiger partial charge is 0.370 e. The minimum absolute atomic E-state index is 0.377. The Morgan fingerprint density at radius 2 is 2.36 bits per heavy atom. The van der Waals surface area contributed by atoms with Crippen LogP contribution < -0.4 is 0 Å². The second kappa shape index (κ2) is 2.69. The highest BCUT2D eigenvalue weighted by Crippen LogP contribution is 2.15. The molecule has 3 heteroatoms. The molecule has 1 N–H and O–H groups in total. The summed E-state index contributed by atoms with van der Waals surface area (Å²) in [4.78, 5) is 3.85. The normalized spacial score (nSPS) is 15.0. The van der Waals surface area contributed by atoms with E-state index in [-0.39, 0.29) is 0 Å².